The van der Waals surface area contributed by atoms with E-state index in [1.165, 1.54) is 6.42 Å². The van der Waals surface area contributed by atoms with Gasteiger partial charge >= 0.3 is 0 Å². The first-order valence-corrected chi connectivity index (χ1v) is 8.12. The number of hydrogen-bond acceptors (Lipinski definition) is 4. The van der Waals surface area contributed by atoms with E-state index in [4.69, 9.17) is 4.74 Å². The van der Waals surface area contributed by atoms with E-state index < -0.39 is 0 Å². The lowest BCUT2D eigenvalue weighted by Gasteiger charge is -2.43. The van der Waals surface area contributed by atoms with Crippen LogP contribution in [-0.2, 0) is 9.53 Å². The van der Waals surface area contributed by atoms with Crippen LogP contribution in [0.5, 0.6) is 0 Å². The Morgan fingerprint density at radius 1 is 1.45 bits per heavy atom. The molecule has 5 heteroatoms. The Kier molecular flexibility index (Phi) is 6.26. The second kappa shape index (κ2) is 7.96. The number of nitrogens with zero attached hydrogens (tertiary/aromatic N) is 1. The first kappa shape index (κ1) is 15.7. The van der Waals surface area contributed by atoms with Gasteiger partial charge in [-0.1, -0.05) is 13.3 Å². The van der Waals surface area contributed by atoms with Gasteiger partial charge in [0, 0.05) is 38.8 Å². The number of piperazine rings is 1. The SMILES string of the molecule is CCCC1CC(N2CCNCC2C(=O)NCC)CCO1. The molecule has 116 valence electrons. The van der Waals surface area contributed by atoms with Crippen molar-refractivity contribution in [1.29, 1.82) is 0 Å². The van der Waals surface area contributed by atoms with Crippen LogP contribution in [-0.4, -0.2) is 61.8 Å². The van der Waals surface area contributed by atoms with Gasteiger partial charge in [-0.15, -0.1) is 0 Å². The molecule has 1 amide bonds. The molecule has 5 nitrogen and oxygen atoms in total. The highest BCUT2D eigenvalue weighted by Crippen LogP contribution is 2.24. The minimum absolute atomic E-state index is 0.0194. The maximum atomic E-state index is 12.2. The highest BCUT2D eigenvalue weighted by Gasteiger charge is 2.35. The smallest absolute Gasteiger partial charge is 0.238 e. The van der Waals surface area contributed by atoms with Gasteiger partial charge in [0.05, 0.1) is 6.10 Å². The Labute approximate surface area is 122 Å². The number of likely N-dealkylation sites (N-methyl/N-ethyl adjacent to an activating group) is 1. The monoisotopic (exact) mass is 283 g/mol. The van der Waals surface area contributed by atoms with Gasteiger partial charge in [-0.25, -0.2) is 0 Å². The standard InChI is InChI=1S/C15H29N3O2/c1-3-5-13-10-12(6-9-20-13)18-8-7-16-11-14(18)15(19)17-4-2/h12-14,16H,3-11H2,1-2H3,(H,17,19). The zero-order valence-electron chi connectivity index (χ0n) is 12.9. The molecule has 2 aliphatic rings. The number of ether oxygens (including phenoxy) is 1. The summed E-state index contributed by atoms with van der Waals surface area (Å²) in [6, 6.07) is 0.476. The van der Waals surface area contributed by atoms with Crippen molar-refractivity contribution in [3.63, 3.8) is 0 Å². The molecule has 2 aliphatic heterocycles. The van der Waals surface area contributed by atoms with E-state index in [9.17, 15) is 4.79 Å². The summed E-state index contributed by atoms with van der Waals surface area (Å²) < 4.78 is 5.84. The highest BCUT2D eigenvalue weighted by molar-refractivity contribution is 5.82. The minimum atomic E-state index is -0.0194. The first-order chi connectivity index (χ1) is 9.76. The molecule has 2 saturated heterocycles. The Morgan fingerprint density at radius 3 is 3.05 bits per heavy atom. The van der Waals surface area contributed by atoms with E-state index in [1.54, 1.807) is 0 Å². The van der Waals surface area contributed by atoms with Crippen LogP contribution in [0.4, 0.5) is 0 Å². The summed E-state index contributed by atoms with van der Waals surface area (Å²) in [6.45, 7) is 8.43. The fourth-order valence-corrected chi connectivity index (χ4v) is 3.38. The number of rotatable bonds is 5. The van der Waals surface area contributed by atoms with Gasteiger partial charge in [-0.2, -0.15) is 0 Å². The van der Waals surface area contributed by atoms with Crippen LogP contribution in [0.2, 0.25) is 0 Å². The maximum Gasteiger partial charge on any atom is 0.238 e. The second-order valence-corrected chi connectivity index (χ2v) is 5.81. The summed E-state index contributed by atoms with van der Waals surface area (Å²) in [4.78, 5) is 14.6. The molecule has 2 rings (SSSR count). The van der Waals surface area contributed by atoms with Crippen molar-refractivity contribution in [1.82, 2.24) is 15.5 Å². The Balaban J connectivity index is 1.97. The lowest BCUT2D eigenvalue weighted by molar-refractivity contribution is -0.130. The molecule has 0 aliphatic carbocycles. The van der Waals surface area contributed by atoms with E-state index in [-0.39, 0.29) is 11.9 Å². The van der Waals surface area contributed by atoms with Gasteiger partial charge in [-0.3, -0.25) is 9.69 Å². The second-order valence-electron chi connectivity index (χ2n) is 5.81. The molecular formula is C15H29N3O2. The fourth-order valence-electron chi connectivity index (χ4n) is 3.38. The molecule has 2 heterocycles. The molecule has 0 aromatic carbocycles. The lowest BCUT2D eigenvalue weighted by Crippen LogP contribution is -2.61. The van der Waals surface area contributed by atoms with Crippen LogP contribution in [0.3, 0.4) is 0 Å². The Hall–Kier alpha value is -0.650. The predicted molar refractivity (Wildman–Crippen MR) is 79.7 cm³/mol. The van der Waals surface area contributed by atoms with Gasteiger partial charge in [0.2, 0.25) is 5.91 Å². The average Bonchev–Trinajstić information content (AvgIpc) is 2.48. The predicted octanol–water partition coefficient (Wildman–Crippen LogP) is 0.744. The van der Waals surface area contributed by atoms with E-state index in [0.717, 1.165) is 45.5 Å². The van der Waals surface area contributed by atoms with Gasteiger partial charge in [-0.05, 0) is 26.2 Å². The van der Waals surface area contributed by atoms with Crippen molar-refractivity contribution < 1.29 is 9.53 Å². The number of nitrogens with one attached hydrogen (secondary N) is 2. The van der Waals surface area contributed by atoms with E-state index in [2.05, 4.69) is 22.5 Å². The number of carbonyl (C=O) groups is 1. The summed E-state index contributed by atoms with van der Waals surface area (Å²) >= 11 is 0. The Morgan fingerprint density at radius 2 is 2.30 bits per heavy atom. The molecule has 0 bridgehead atoms. The first-order valence-electron chi connectivity index (χ1n) is 8.12. The van der Waals surface area contributed by atoms with Crippen molar-refractivity contribution in [2.45, 2.75) is 57.7 Å². The molecule has 0 aromatic heterocycles. The summed E-state index contributed by atoms with van der Waals surface area (Å²) in [7, 11) is 0. The average molecular weight is 283 g/mol. The lowest BCUT2D eigenvalue weighted by atomic mass is 9.96. The third-order valence-corrected chi connectivity index (χ3v) is 4.36. The number of hydrogen-bond donors (Lipinski definition) is 2. The third-order valence-electron chi connectivity index (χ3n) is 4.36. The van der Waals surface area contributed by atoms with Gasteiger partial charge < -0.3 is 15.4 Å². The van der Waals surface area contributed by atoms with Crippen LogP contribution in [0, 0.1) is 0 Å². The van der Waals surface area contributed by atoms with Crippen LogP contribution in [0.25, 0.3) is 0 Å². The molecule has 2 N–H and O–H groups in total. The highest BCUT2D eigenvalue weighted by atomic mass is 16.5. The molecule has 0 saturated carbocycles. The normalized spacial score (nSPS) is 32.0. The quantitative estimate of drug-likeness (QED) is 0.781. The summed E-state index contributed by atoms with van der Waals surface area (Å²) in [6.07, 6.45) is 4.80. The van der Waals surface area contributed by atoms with E-state index in [1.807, 2.05) is 6.92 Å². The molecule has 3 unspecified atom stereocenters. The van der Waals surface area contributed by atoms with Gasteiger partial charge in [0.25, 0.3) is 0 Å². The third kappa shape index (κ3) is 3.93. The molecule has 3 atom stereocenters. The minimum Gasteiger partial charge on any atom is -0.378 e. The maximum absolute atomic E-state index is 12.2. The zero-order valence-corrected chi connectivity index (χ0v) is 12.9. The summed E-state index contributed by atoms with van der Waals surface area (Å²) in [5.41, 5.74) is 0. The molecule has 20 heavy (non-hydrogen) atoms. The van der Waals surface area contributed by atoms with Crippen LogP contribution < -0.4 is 10.6 Å². The summed E-state index contributed by atoms with van der Waals surface area (Å²) in [5.74, 6) is 0.165. The van der Waals surface area contributed by atoms with Crippen LogP contribution >= 0.6 is 0 Å². The van der Waals surface area contributed by atoms with Crippen molar-refractivity contribution in [2.24, 2.45) is 0 Å². The van der Waals surface area contributed by atoms with Gasteiger partial charge in [0.1, 0.15) is 6.04 Å². The van der Waals surface area contributed by atoms with Crippen molar-refractivity contribution >= 4 is 5.91 Å². The fraction of sp³-hybridized carbons (Fsp3) is 0.933. The number of carbonyl (C=O) groups excluding carboxylic acids is 1. The topological polar surface area (TPSA) is 53.6 Å². The molecular weight excluding hydrogens is 254 g/mol. The van der Waals surface area contributed by atoms with Crippen molar-refractivity contribution in [3.05, 3.63) is 0 Å². The molecule has 2 fully saturated rings. The largest absolute Gasteiger partial charge is 0.378 e. The van der Waals surface area contributed by atoms with Crippen molar-refractivity contribution in [2.75, 3.05) is 32.8 Å². The van der Waals surface area contributed by atoms with Crippen LogP contribution in [0.15, 0.2) is 0 Å². The van der Waals surface area contributed by atoms with Crippen LogP contribution in [0.1, 0.15) is 39.5 Å². The molecule has 0 radical (unpaired) electrons. The van der Waals surface area contributed by atoms with Gasteiger partial charge in [0.15, 0.2) is 0 Å². The Bertz CT molecular complexity index is 309. The van der Waals surface area contributed by atoms with E-state index in [0.29, 0.717) is 18.7 Å². The molecule has 0 aromatic rings. The molecule has 0 spiro atoms. The van der Waals surface area contributed by atoms with Crippen molar-refractivity contribution in [3.8, 4) is 0 Å². The van der Waals surface area contributed by atoms with E-state index >= 15 is 0 Å². The zero-order chi connectivity index (χ0) is 14.4. The number of amides is 1. The summed E-state index contributed by atoms with van der Waals surface area (Å²) in [5, 5.41) is 6.31.